The second-order valence-corrected chi connectivity index (χ2v) is 8.85. The molecule has 0 aromatic carbocycles. The highest BCUT2D eigenvalue weighted by Crippen LogP contribution is 2.33. The SMILES string of the molecule is CCCCCCCCCC(CCCC)C(O)(CC(=O)[O-])C[N+](C)(C)C. The van der Waals surface area contributed by atoms with Gasteiger partial charge in [0, 0.05) is 12.4 Å². The van der Waals surface area contributed by atoms with Crippen LogP contribution in [0.4, 0.5) is 0 Å². The number of hydrogen-bond acceptors (Lipinski definition) is 3. The van der Waals surface area contributed by atoms with Crippen molar-refractivity contribution in [3.63, 3.8) is 0 Å². The normalized spacial score (nSPS) is 15.8. The summed E-state index contributed by atoms with van der Waals surface area (Å²) in [5.41, 5.74) is -1.17. The lowest BCUT2D eigenvalue weighted by atomic mass is 9.77. The van der Waals surface area contributed by atoms with Crippen molar-refractivity contribution in [2.24, 2.45) is 5.92 Å². The van der Waals surface area contributed by atoms with Crippen molar-refractivity contribution in [1.29, 1.82) is 0 Å². The van der Waals surface area contributed by atoms with Crippen LogP contribution in [0.15, 0.2) is 0 Å². The Labute approximate surface area is 156 Å². The van der Waals surface area contributed by atoms with E-state index in [0.29, 0.717) is 11.0 Å². The lowest BCUT2D eigenvalue weighted by Gasteiger charge is -2.41. The maximum absolute atomic E-state index is 11.3. The first-order chi connectivity index (χ1) is 11.6. The van der Waals surface area contributed by atoms with Crippen LogP contribution in [-0.4, -0.2) is 48.8 Å². The number of quaternary nitrogens is 1. The highest BCUT2D eigenvalue weighted by molar-refractivity contribution is 5.65. The molecule has 0 radical (unpaired) electrons. The zero-order valence-electron chi connectivity index (χ0n) is 17.5. The first kappa shape index (κ1) is 24.4. The summed E-state index contributed by atoms with van der Waals surface area (Å²) in [4.78, 5) is 11.3. The number of hydrogen-bond donors (Lipinski definition) is 1. The van der Waals surface area contributed by atoms with E-state index >= 15 is 0 Å². The Balaban J connectivity index is 4.75. The van der Waals surface area contributed by atoms with E-state index in [1.807, 2.05) is 21.1 Å². The summed E-state index contributed by atoms with van der Waals surface area (Å²) in [7, 11) is 6.01. The fourth-order valence-corrected chi connectivity index (χ4v) is 3.88. The molecule has 0 aliphatic heterocycles. The maximum Gasteiger partial charge on any atom is 0.121 e. The van der Waals surface area contributed by atoms with Gasteiger partial charge in [-0.1, -0.05) is 71.6 Å². The van der Waals surface area contributed by atoms with Crippen LogP contribution >= 0.6 is 0 Å². The predicted octanol–water partition coefficient (Wildman–Crippen LogP) is 3.51. The molecule has 0 saturated carbocycles. The van der Waals surface area contributed by atoms with Gasteiger partial charge >= 0.3 is 0 Å². The van der Waals surface area contributed by atoms with E-state index in [4.69, 9.17) is 0 Å². The molecule has 4 heteroatoms. The molecule has 0 saturated heterocycles. The number of carbonyl (C=O) groups is 1. The fourth-order valence-electron chi connectivity index (χ4n) is 3.88. The number of rotatable bonds is 16. The zero-order valence-corrected chi connectivity index (χ0v) is 17.5. The van der Waals surface area contributed by atoms with Gasteiger partial charge in [-0.3, -0.25) is 0 Å². The van der Waals surface area contributed by atoms with Crippen LogP contribution in [0, 0.1) is 5.92 Å². The Bertz CT molecular complexity index is 352. The van der Waals surface area contributed by atoms with Crippen molar-refractivity contribution < 1.29 is 19.5 Å². The van der Waals surface area contributed by atoms with Gasteiger partial charge in [0.1, 0.15) is 12.1 Å². The highest BCUT2D eigenvalue weighted by Gasteiger charge is 2.40. The summed E-state index contributed by atoms with van der Waals surface area (Å²) >= 11 is 0. The number of unbranched alkanes of at least 4 members (excludes halogenated alkanes) is 7. The van der Waals surface area contributed by atoms with Crippen molar-refractivity contribution in [2.45, 2.75) is 96.5 Å². The summed E-state index contributed by atoms with van der Waals surface area (Å²) in [5.74, 6) is -1.10. The highest BCUT2D eigenvalue weighted by atomic mass is 16.4. The van der Waals surface area contributed by atoms with Crippen LogP contribution in [0.2, 0.25) is 0 Å². The van der Waals surface area contributed by atoms with Gasteiger partial charge in [0.05, 0.1) is 21.1 Å². The van der Waals surface area contributed by atoms with Gasteiger partial charge in [-0.2, -0.15) is 0 Å². The molecular weight excluding hydrogens is 314 g/mol. The van der Waals surface area contributed by atoms with E-state index in [9.17, 15) is 15.0 Å². The quantitative estimate of drug-likeness (QED) is 0.340. The molecule has 4 nitrogen and oxygen atoms in total. The van der Waals surface area contributed by atoms with Gasteiger partial charge in [-0.25, -0.2) is 0 Å². The summed E-state index contributed by atoms with van der Waals surface area (Å²) < 4.78 is 0.559. The summed E-state index contributed by atoms with van der Waals surface area (Å²) in [6.45, 7) is 4.82. The number of carboxylic acids is 1. The molecule has 0 aromatic heterocycles. The largest absolute Gasteiger partial charge is 0.550 e. The Morgan fingerprint density at radius 3 is 1.88 bits per heavy atom. The van der Waals surface area contributed by atoms with E-state index in [1.54, 1.807) is 0 Å². The van der Waals surface area contributed by atoms with Crippen LogP contribution in [0.5, 0.6) is 0 Å². The van der Waals surface area contributed by atoms with Crippen LogP contribution in [-0.2, 0) is 4.79 Å². The third-order valence-electron chi connectivity index (χ3n) is 5.02. The molecule has 0 aromatic rings. The van der Waals surface area contributed by atoms with Crippen LogP contribution in [0.3, 0.4) is 0 Å². The van der Waals surface area contributed by atoms with E-state index in [2.05, 4.69) is 13.8 Å². The second kappa shape index (κ2) is 12.7. The Hall–Kier alpha value is -0.610. The number of carbonyl (C=O) groups excluding carboxylic acids is 1. The number of carboxylic acid groups (broad SMARTS) is 1. The van der Waals surface area contributed by atoms with Crippen molar-refractivity contribution in [3.8, 4) is 0 Å². The summed E-state index contributed by atoms with van der Waals surface area (Å²) in [6.07, 6.45) is 12.3. The van der Waals surface area contributed by atoms with Gasteiger partial charge in [-0.05, 0) is 18.8 Å². The third-order valence-corrected chi connectivity index (χ3v) is 5.02. The number of likely N-dealkylation sites (N-methyl/N-ethyl adjacent to an activating group) is 1. The first-order valence-electron chi connectivity index (χ1n) is 10.4. The lowest BCUT2D eigenvalue weighted by molar-refractivity contribution is -0.877. The Morgan fingerprint density at radius 2 is 1.40 bits per heavy atom. The molecule has 0 rings (SSSR count). The van der Waals surface area contributed by atoms with Crippen LogP contribution < -0.4 is 5.11 Å². The Morgan fingerprint density at radius 1 is 0.920 bits per heavy atom. The van der Waals surface area contributed by atoms with E-state index < -0.39 is 11.6 Å². The lowest BCUT2D eigenvalue weighted by Crippen LogP contribution is -2.55. The fraction of sp³-hybridized carbons (Fsp3) is 0.952. The minimum absolute atomic E-state index is 0.0401. The smallest absolute Gasteiger partial charge is 0.121 e. The van der Waals surface area contributed by atoms with Crippen LogP contribution in [0.25, 0.3) is 0 Å². The van der Waals surface area contributed by atoms with Gasteiger partial charge in [0.25, 0.3) is 0 Å². The van der Waals surface area contributed by atoms with Crippen molar-refractivity contribution in [1.82, 2.24) is 0 Å². The molecule has 1 N–H and O–H groups in total. The average molecular weight is 358 g/mol. The monoisotopic (exact) mass is 357 g/mol. The molecule has 25 heavy (non-hydrogen) atoms. The van der Waals surface area contributed by atoms with Crippen molar-refractivity contribution in [2.75, 3.05) is 27.7 Å². The minimum Gasteiger partial charge on any atom is -0.550 e. The van der Waals surface area contributed by atoms with E-state index in [1.165, 1.54) is 38.5 Å². The Kier molecular flexibility index (Phi) is 12.4. The molecule has 0 amide bonds. The third kappa shape index (κ3) is 12.4. The van der Waals surface area contributed by atoms with E-state index in [-0.39, 0.29) is 12.3 Å². The molecule has 0 aliphatic carbocycles. The molecule has 0 spiro atoms. The molecule has 2 unspecified atom stereocenters. The summed E-state index contributed by atoms with van der Waals surface area (Å²) in [5, 5.41) is 22.5. The summed E-state index contributed by atoms with van der Waals surface area (Å²) in [6, 6.07) is 0. The van der Waals surface area contributed by atoms with Gasteiger partial charge in [0.15, 0.2) is 0 Å². The molecular formula is C21H43NO3. The number of aliphatic hydroxyl groups is 1. The molecule has 150 valence electrons. The average Bonchev–Trinajstić information content (AvgIpc) is 2.46. The maximum atomic E-state index is 11.3. The predicted molar refractivity (Wildman–Crippen MR) is 103 cm³/mol. The van der Waals surface area contributed by atoms with Gasteiger partial charge in [0.2, 0.25) is 0 Å². The standard InChI is InChI=1S/C21H43NO3/c1-6-8-10-11-12-13-14-16-19(15-9-7-2)21(25,17-20(23)24)18-22(3,4)5/h19,25H,6-18H2,1-5H3. The van der Waals surface area contributed by atoms with Gasteiger partial charge in [-0.15, -0.1) is 0 Å². The molecule has 0 fully saturated rings. The number of aliphatic carboxylic acids is 1. The minimum atomic E-state index is -1.17. The topological polar surface area (TPSA) is 60.4 Å². The zero-order chi connectivity index (χ0) is 19.3. The number of nitrogens with zero attached hydrogens (tertiary/aromatic N) is 1. The molecule has 0 aliphatic rings. The van der Waals surface area contributed by atoms with Crippen molar-refractivity contribution in [3.05, 3.63) is 0 Å². The first-order valence-corrected chi connectivity index (χ1v) is 10.4. The van der Waals surface area contributed by atoms with Crippen LogP contribution in [0.1, 0.15) is 90.9 Å². The molecule has 2 atom stereocenters. The molecule has 0 bridgehead atoms. The van der Waals surface area contributed by atoms with Crippen molar-refractivity contribution >= 4 is 5.97 Å². The van der Waals surface area contributed by atoms with Gasteiger partial charge < -0.3 is 19.5 Å². The molecule has 0 heterocycles. The van der Waals surface area contributed by atoms with E-state index in [0.717, 1.165) is 32.1 Å². The second-order valence-electron chi connectivity index (χ2n) is 8.85.